The van der Waals surface area contributed by atoms with Crippen molar-refractivity contribution in [1.29, 1.82) is 0 Å². The first-order valence-electron chi connectivity index (χ1n) is 7.24. The van der Waals surface area contributed by atoms with Gasteiger partial charge in [-0.1, -0.05) is 19.1 Å². The maximum absolute atomic E-state index is 12.1. The van der Waals surface area contributed by atoms with E-state index in [4.69, 9.17) is 17.0 Å². The molecular formula is C15H19N3O3S. The lowest BCUT2D eigenvalue weighted by Crippen LogP contribution is -2.48. The van der Waals surface area contributed by atoms with Crippen LogP contribution >= 0.6 is 12.2 Å². The fraction of sp³-hybridized carbons (Fsp3) is 0.400. The van der Waals surface area contributed by atoms with Crippen molar-refractivity contribution in [3.05, 3.63) is 29.8 Å². The largest absolute Gasteiger partial charge is 0.493 e. The Morgan fingerprint density at radius 3 is 2.68 bits per heavy atom. The first-order chi connectivity index (χ1) is 10.6. The predicted octanol–water partition coefficient (Wildman–Crippen LogP) is 1.52. The van der Waals surface area contributed by atoms with Gasteiger partial charge in [0.05, 0.1) is 12.2 Å². The van der Waals surface area contributed by atoms with E-state index in [-0.39, 0.29) is 22.8 Å². The van der Waals surface area contributed by atoms with E-state index in [0.717, 1.165) is 19.3 Å². The minimum Gasteiger partial charge on any atom is -0.493 e. The zero-order valence-corrected chi connectivity index (χ0v) is 13.2. The zero-order chi connectivity index (χ0) is 15.9. The van der Waals surface area contributed by atoms with Gasteiger partial charge in [0.15, 0.2) is 5.11 Å². The van der Waals surface area contributed by atoms with E-state index in [1.165, 1.54) is 0 Å². The predicted molar refractivity (Wildman–Crippen MR) is 86.3 cm³/mol. The van der Waals surface area contributed by atoms with Crippen LogP contribution in [0.3, 0.4) is 0 Å². The molecule has 0 radical (unpaired) electrons. The van der Waals surface area contributed by atoms with Crippen molar-refractivity contribution in [2.45, 2.75) is 26.2 Å². The second-order valence-electron chi connectivity index (χ2n) is 5.02. The molecule has 2 rings (SSSR count). The second kappa shape index (κ2) is 7.74. The molecule has 22 heavy (non-hydrogen) atoms. The first kappa shape index (κ1) is 16.2. The Bertz CT molecular complexity index is 573. The third-order valence-electron chi connectivity index (χ3n) is 3.07. The van der Waals surface area contributed by atoms with Gasteiger partial charge in [0, 0.05) is 5.92 Å². The molecule has 1 aromatic carbocycles. The Morgan fingerprint density at radius 2 is 2.00 bits per heavy atom. The van der Waals surface area contributed by atoms with E-state index < -0.39 is 0 Å². The lowest BCUT2D eigenvalue weighted by atomic mass is 10.2. The highest BCUT2D eigenvalue weighted by Gasteiger charge is 2.30. The summed E-state index contributed by atoms with van der Waals surface area (Å²) in [6, 6.07) is 6.95. The molecule has 118 valence electrons. The van der Waals surface area contributed by atoms with Crippen LogP contribution in [-0.4, -0.2) is 23.5 Å². The number of thiocarbonyl (C=S) groups is 1. The van der Waals surface area contributed by atoms with Crippen LogP contribution in [0.4, 0.5) is 0 Å². The first-order valence-corrected chi connectivity index (χ1v) is 7.65. The van der Waals surface area contributed by atoms with Crippen molar-refractivity contribution in [2.24, 2.45) is 5.92 Å². The smallest absolute Gasteiger partial charge is 0.273 e. The molecular weight excluding hydrogens is 302 g/mol. The number of carbonyl (C=O) groups is 2. The number of amides is 2. The summed E-state index contributed by atoms with van der Waals surface area (Å²) in [5.41, 5.74) is 5.38. The molecule has 0 heterocycles. The van der Waals surface area contributed by atoms with Gasteiger partial charge in [0.25, 0.3) is 5.91 Å². The highest BCUT2D eigenvalue weighted by Crippen LogP contribution is 2.28. The zero-order valence-electron chi connectivity index (χ0n) is 12.3. The summed E-state index contributed by atoms with van der Waals surface area (Å²) in [5.74, 6) is 0.0726. The molecule has 3 N–H and O–H groups in total. The van der Waals surface area contributed by atoms with Gasteiger partial charge in [-0.3, -0.25) is 20.4 Å². The average Bonchev–Trinajstić information content (AvgIpc) is 3.35. The summed E-state index contributed by atoms with van der Waals surface area (Å²) in [5, 5.41) is 2.61. The number of para-hydroxylation sites is 1. The molecule has 6 nitrogen and oxygen atoms in total. The Kier molecular flexibility index (Phi) is 5.71. The summed E-state index contributed by atoms with van der Waals surface area (Å²) in [4.78, 5) is 23.7. The Hall–Kier alpha value is -2.15. The van der Waals surface area contributed by atoms with Gasteiger partial charge in [0.1, 0.15) is 5.75 Å². The van der Waals surface area contributed by atoms with E-state index in [2.05, 4.69) is 16.2 Å². The summed E-state index contributed by atoms with van der Waals surface area (Å²) in [6.07, 6.45) is 2.64. The molecule has 2 amide bonds. The van der Waals surface area contributed by atoms with Gasteiger partial charge < -0.3 is 10.1 Å². The summed E-state index contributed by atoms with van der Waals surface area (Å²) >= 11 is 4.96. The van der Waals surface area contributed by atoms with Gasteiger partial charge in [-0.15, -0.1) is 0 Å². The lowest BCUT2D eigenvalue weighted by Gasteiger charge is -2.13. The van der Waals surface area contributed by atoms with Crippen molar-refractivity contribution in [2.75, 3.05) is 6.61 Å². The van der Waals surface area contributed by atoms with Crippen molar-refractivity contribution in [3.8, 4) is 5.75 Å². The fourth-order valence-electron chi connectivity index (χ4n) is 1.76. The van der Waals surface area contributed by atoms with Crippen LogP contribution in [0.15, 0.2) is 24.3 Å². The van der Waals surface area contributed by atoms with Crippen molar-refractivity contribution >= 4 is 29.1 Å². The molecule has 1 fully saturated rings. The van der Waals surface area contributed by atoms with Crippen molar-refractivity contribution in [1.82, 2.24) is 16.2 Å². The number of hydrogen-bond acceptors (Lipinski definition) is 4. The summed E-state index contributed by atoms with van der Waals surface area (Å²) in [6.45, 7) is 2.53. The molecule has 0 unspecified atom stereocenters. The van der Waals surface area contributed by atoms with Crippen LogP contribution < -0.4 is 20.9 Å². The number of benzene rings is 1. The molecule has 0 atom stereocenters. The third-order valence-corrected chi connectivity index (χ3v) is 3.27. The maximum atomic E-state index is 12.1. The van der Waals surface area contributed by atoms with Crippen molar-refractivity contribution < 1.29 is 14.3 Å². The normalized spacial score (nSPS) is 13.1. The molecule has 0 spiro atoms. The Morgan fingerprint density at radius 1 is 1.27 bits per heavy atom. The minimum absolute atomic E-state index is 0.0543. The molecule has 0 saturated heterocycles. The number of nitrogens with one attached hydrogen (secondary N) is 3. The third kappa shape index (κ3) is 4.70. The SMILES string of the molecule is CCCOc1ccccc1C(=O)NNC(=S)NC(=O)C1CC1. The van der Waals surface area contributed by atoms with Gasteiger partial charge in [0.2, 0.25) is 5.91 Å². The highest BCUT2D eigenvalue weighted by atomic mass is 32.1. The van der Waals surface area contributed by atoms with Crippen molar-refractivity contribution in [3.63, 3.8) is 0 Å². The van der Waals surface area contributed by atoms with E-state index in [1.54, 1.807) is 24.3 Å². The van der Waals surface area contributed by atoms with Crippen LogP contribution in [0.5, 0.6) is 5.75 Å². The number of hydrogen-bond donors (Lipinski definition) is 3. The quantitative estimate of drug-likeness (QED) is 0.566. The molecule has 0 bridgehead atoms. The van der Waals surface area contributed by atoms with E-state index >= 15 is 0 Å². The Labute approximate surface area is 134 Å². The average molecular weight is 321 g/mol. The molecule has 1 aliphatic carbocycles. The summed E-state index contributed by atoms with van der Waals surface area (Å²) < 4.78 is 5.53. The molecule has 7 heteroatoms. The number of ether oxygens (including phenoxy) is 1. The standard InChI is InChI=1S/C15H19N3O3S/c1-2-9-21-12-6-4-3-5-11(12)14(20)17-18-15(22)16-13(19)10-7-8-10/h3-6,10H,2,7-9H2,1H3,(H,17,20)(H2,16,18,19,22). The molecule has 0 aromatic heterocycles. The monoisotopic (exact) mass is 321 g/mol. The van der Waals surface area contributed by atoms with Crippen LogP contribution in [0.1, 0.15) is 36.5 Å². The number of carbonyl (C=O) groups excluding carboxylic acids is 2. The van der Waals surface area contributed by atoms with Gasteiger partial charge in [-0.2, -0.15) is 0 Å². The van der Waals surface area contributed by atoms with E-state index in [9.17, 15) is 9.59 Å². The van der Waals surface area contributed by atoms with E-state index in [0.29, 0.717) is 17.9 Å². The van der Waals surface area contributed by atoms with E-state index in [1.807, 2.05) is 6.92 Å². The summed E-state index contributed by atoms with van der Waals surface area (Å²) in [7, 11) is 0. The topological polar surface area (TPSA) is 79.5 Å². The molecule has 1 aromatic rings. The molecule has 0 aliphatic heterocycles. The van der Waals surface area contributed by atoms with Crippen LogP contribution in [0.25, 0.3) is 0 Å². The van der Waals surface area contributed by atoms with Gasteiger partial charge >= 0.3 is 0 Å². The van der Waals surface area contributed by atoms with Gasteiger partial charge in [-0.25, -0.2) is 0 Å². The van der Waals surface area contributed by atoms with Crippen LogP contribution in [0, 0.1) is 5.92 Å². The van der Waals surface area contributed by atoms with Crippen LogP contribution in [-0.2, 0) is 4.79 Å². The minimum atomic E-state index is -0.380. The van der Waals surface area contributed by atoms with Crippen LogP contribution in [0.2, 0.25) is 0 Å². The van der Waals surface area contributed by atoms with Gasteiger partial charge in [-0.05, 0) is 43.6 Å². The molecule has 1 saturated carbocycles. The second-order valence-corrected chi connectivity index (χ2v) is 5.42. The number of hydrazine groups is 1. The Balaban J connectivity index is 1.86. The lowest BCUT2D eigenvalue weighted by molar-refractivity contribution is -0.120. The fourth-order valence-corrected chi connectivity index (χ4v) is 1.92. The molecule has 1 aliphatic rings. The number of rotatable bonds is 5. The maximum Gasteiger partial charge on any atom is 0.273 e. The highest BCUT2D eigenvalue weighted by molar-refractivity contribution is 7.80.